The third-order valence-corrected chi connectivity index (χ3v) is 4.24. The van der Waals surface area contributed by atoms with E-state index in [9.17, 15) is 4.79 Å². The van der Waals surface area contributed by atoms with E-state index in [0.717, 1.165) is 17.0 Å². The van der Waals surface area contributed by atoms with Gasteiger partial charge < -0.3 is 4.74 Å². The van der Waals surface area contributed by atoms with Crippen LogP contribution in [0.1, 0.15) is 43.3 Å². The molecule has 0 unspecified atom stereocenters. The van der Waals surface area contributed by atoms with Gasteiger partial charge in [0.15, 0.2) is 0 Å². The van der Waals surface area contributed by atoms with Crippen LogP contribution in [0.25, 0.3) is 0 Å². The average Bonchev–Trinajstić information content (AvgIpc) is 2.67. The van der Waals surface area contributed by atoms with E-state index in [1.165, 1.54) is 9.13 Å². The quantitative estimate of drug-likeness (QED) is 0.548. The zero-order chi connectivity index (χ0) is 17.2. The van der Waals surface area contributed by atoms with Crippen molar-refractivity contribution in [3.63, 3.8) is 0 Å². The fourth-order valence-electron chi connectivity index (χ4n) is 2.43. The second-order valence-corrected chi connectivity index (χ2v) is 7.94. The van der Waals surface area contributed by atoms with Gasteiger partial charge in [0.2, 0.25) is 0 Å². The van der Waals surface area contributed by atoms with Crippen molar-refractivity contribution in [1.82, 2.24) is 9.78 Å². The van der Waals surface area contributed by atoms with Crippen LogP contribution >= 0.6 is 22.6 Å². The summed E-state index contributed by atoms with van der Waals surface area (Å²) in [6, 6.07) is 8.38. The van der Waals surface area contributed by atoms with Gasteiger partial charge in [0.1, 0.15) is 5.60 Å². The van der Waals surface area contributed by atoms with Crippen LogP contribution in [-0.2, 0) is 22.5 Å². The van der Waals surface area contributed by atoms with Gasteiger partial charge in [0.25, 0.3) is 0 Å². The molecule has 23 heavy (non-hydrogen) atoms. The third kappa shape index (κ3) is 5.06. The summed E-state index contributed by atoms with van der Waals surface area (Å²) < 4.78 is 8.58. The smallest absolute Gasteiger partial charge is 0.310 e. The highest BCUT2D eigenvalue weighted by Crippen LogP contribution is 2.18. The minimum Gasteiger partial charge on any atom is -0.460 e. The van der Waals surface area contributed by atoms with E-state index < -0.39 is 5.60 Å². The van der Waals surface area contributed by atoms with Crippen LogP contribution in [0.5, 0.6) is 0 Å². The van der Waals surface area contributed by atoms with Crippen molar-refractivity contribution < 1.29 is 9.53 Å². The van der Waals surface area contributed by atoms with Crippen molar-refractivity contribution in [2.24, 2.45) is 0 Å². The summed E-state index contributed by atoms with van der Waals surface area (Å²) >= 11 is 2.29. The molecule has 0 amide bonds. The summed E-state index contributed by atoms with van der Waals surface area (Å²) in [6.07, 6.45) is 0.266. The number of benzene rings is 1. The number of rotatable bonds is 4. The van der Waals surface area contributed by atoms with E-state index in [1.807, 2.05) is 39.3 Å². The van der Waals surface area contributed by atoms with Gasteiger partial charge in [-0.15, -0.1) is 0 Å². The van der Waals surface area contributed by atoms with Gasteiger partial charge in [0.05, 0.1) is 18.7 Å². The maximum atomic E-state index is 12.1. The number of halogens is 1. The van der Waals surface area contributed by atoms with Crippen LogP contribution in [0, 0.1) is 17.4 Å². The topological polar surface area (TPSA) is 44.1 Å². The summed E-state index contributed by atoms with van der Waals surface area (Å²) in [4.78, 5) is 12.1. The molecule has 0 aliphatic rings. The molecular formula is C18H23IN2O2. The Kier molecular flexibility index (Phi) is 5.49. The van der Waals surface area contributed by atoms with Crippen molar-refractivity contribution in [3.05, 3.63) is 50.4 Å². The van der Waals surface area contributed by atoms with Crippen LogP contribution in [0.15, 0.2) is 24.3 Å². The van der Waals surface area contributed by atoms with Crippen molar-refractivity contribution >= 4 is 28.6 Å². The van der Waals surface area contributed by atoms with Gasteiger partial charge >= 0.3 is 5.97 Å². The molecule has 5 heteroatoms. The van der Waals surface area contributed by atoms with Gasteiger partial charge in [0, 0.05) is 14.8 Å². The molecule has 1 heterocycles. The summed E-state index contributed by atoms with van der Waals surface area (Å²) in [5.74, 6) is -0.211. The van der Waals surface area contributed by atoms with E-state index in [-0.39, 0.29) is 12.4 Å². The van der Waals surface area contributed by atoms with Crippen LogP contribution in [0.2, 0.25) is 0 Å². The number of nitrogens with zero attached hydrogens (tertiary/aromatic N) is 2. The second-order valence-electron chi connectivity index (χ2n) is 6.70. The average molecular weight is 426 g/mol. The predicted octanol–water partition coefficient (Wildman–Crippen LogP) is 4.04. The van der Waals surface area contributed by atoms with E-state index in [0.29, 0.717) is 6.54 Å². The molecule has 0 aliphatic carbocycles. The van der Waals surface area contributed by atoms with Crippen molar-refractivity contribution in [2.45, 2.75) is 53.2 Å². The Labute approximate surface area is 151 Å². The summed E-state index contributed by atoms with van der Waals surface area (Å²) in [5, 5.41) is 4.58. The highest BCUT2D eigenvalue weighted by atomic mass is 127. The highest BCUT2D eigenvalue weighted by Gasteiger charge is 2.20. The molecule has 2 aromatic rings. The first-order chi connectivity index (χ1) is 10.7. The first-order valence-electron chi connectivity index (χ1n) is 7.65. The molecule has 0 saturated heterocycles. The normalized spacial score (nSPS) is 11.6. The third-order valence-electron chi connectivity index (χ3n) is 3.52. The van der Waals surface area contributed by atoms with Gasteiger partial charge in [-0.05, 0) is 74.9 Å². The molecule has 4 nitrogen and oxygen atoms in total. The SMILES string of the molecule is Cc1nn(Cc2ccc(I)cc2)c(C)c1CC(=O)OC(C)(C)C. The minimum absolute atomic E-state index is 0.211. The van der Waals surface area contributed by atoms with Gasteiger partial charge in [-0.1, -0.05) is 12.1 Å². The fourth-order valence-corrected chi connectivity index (χ4v) is 2.79. The first-order valence-corrected chi connectivity index (χ1v) is 8.73. The Hall–Kier alpha value is -1.37. The molecule has 124 valence electrons. The number of carbonyl (C=O) groups is 1. The summed E-state index contributed by atoms with van der Waals surface area (Å²) in [7, 11) is 0. The van der Waals surface area contributed by atoms with E-state index in [4.69, 9.17) is 4.74 Å². The Morgan fingerprint density at radius 1 is 1.22 bits per heavy atom. The molecule has 1 aromatic carbocycles. The Bertz CT molecular complexity index is 697. The molecular weight excluding hydrogens is 403 g/mol. The summed E-state index contributed by atoms with van der Waals surface area (Å²) in [5.41, 5.74) is 3.60. The van der Waals surface area contributed by atoms with E-state index >= 15 is 0 Å². The van der Waals surface area contributed by atoms with Crippen molar-refractivity contribution in [1.29, 1.82) is 0 Å². The molecule has 0 fully saturated rings. The minimum atomic E-state index is -0.462. The summed E-state index contributed by atoms with van der Waals surface area (Å²) in [6.45, 7) is 10.3. The molecule has 0 bridgehead atoms. The molecule has 0 aliphatic heterocycles. The molecule has 1 aromatic heterocycles. The zero-order valence-corrected chi connectivity index (χ0v) is 16.5. The van der Waals surface area contributed by atoms with Gasteiger partial charge in [-0.3, -0.25) is 9.48 Å². The highest BCUT2D eigenvalue weighted by molar-refractivity contribution is 14.1. The number of hydrogen-bond acceptors (Lipinski definition) is 3. The van der Waals surface area contributed by atoms with Gasteiger partial charge in [-0.2, -0.15) is 5.10 Å². The molecule has 0 N–H and O–H groups in total. The maximum absolute atomic E-state index is 12.1. The Balaban J connectivity index is 2.15. The van der Waals surface area contributed by atoms with Crippen molar-refractivity contribution in [3.8, 4) is 0 Å². The maximum Gasteiger partial charge on any atom is 0.310 e. The number of aryl methyl sites for hydroxylation is 1. The van der Waals surface area contributed by atoms with Crippen molar-refractivity contribution in [2.75, 3.05) is 0 Å². The lowest BCUT2D eigenvalue weighted by atomic mass is 10.1. The molecule has 0 atom stereocenters. The van der Waals surface area contributed by atoms with Crippen LogP contribution < -0.4 is 0 Å². The number of carbonyl (C=O) groups excluding carboxylic acids is 1. The van der Waals surface area contributed by atoms with Crippen LogP contribution in [0.3, 0.4) is 0 Å². The van der Waals surface area contributed by atoms with E-state index in [1.54, 1.807) is 0 Å². The Morgan fingerprint density at radius 2 is 1.83 bits per heavy atom. The molecule has 0 radical (unpaired) electrons. The lowest BCUT2D eigenvalue weighted by Gasteiger charge is -2.19. The molecule has 0 spiro atoms. The van der Waals surface area contributed by atoms with E-state index in [2.05, 4.69) is 52.0 Å². The molecule has 0 saturated carbocycles. The largest absolute Gasteiger partial charge is 0.460 e. The fraction of sp³-hybridized carbons (Fsp3) is 0.444. The van der Waals surface area contributed by atoms with Crippen LogP contribution in [0.4, 0.5) is 0 Å². The first kappa shape index (κ1) is 18.0. The lowest BCUT2D eigenvalue weighted by Crippen LogP contribution is -2.25. The number of esters is 1. The monoisotopic (exact) mass is 426 g/mol. The van der Waals surface area contributed by atoms with Crippen LogP contribution in [-0.4, -0.2) is 21.4 Å². The second kappa shape index (κ2) is 7.03. The lowest BCUT2D eigenvalue weighted by molar-refractivity contribution is -0.153. The number of ether oxygens (including phenoxy) is 1. The molecule has 2 rings (SSSR count). The van der Waals surface area contributed by atoms with Gasteiger partial charge in [-0.25, -0.2) is 0 Å². The standard InChI is InChI=1S/C18H23IN2O2/c1-12-16(10-17(22)23-18(3,4)5)13(2)21(20-12)11-14-6-8-15(19)9-7-14/h6-9H,10-11H2,1-5H3. The zero-order valence-electron chi connectivity index (χ0n) is 14.3. The number of hydrogen-bond donors (Lipinski definition) is 0. The Morgan fingerprint density at radius 3 is 2.39 bits per heavy atom. The predicted molar refractivity (Wildman–Crippen MR) is 99.5 cm³/mol. The number of aromatic nitrogens is 2.